The summed E-state index contributed by atoms with van der Waals surface area (Å²) in [6.45, 7) is 2.28. The SMILES string of the molecule is CCCCCCCCCCc1cc2ccc3c(ccc4cc(C#Cc5ncco5)sc43)c2s1. The number of benzene rings is 2. The van der Waals surface area contributed by atoms with Gasteiger partial charge in [-0.1, -0.05) is 76.1 Å². The first-order chi connectivity index (χ1) is 16.3. The zero-order valence-electron chi connectivity index (χ0n) is 19.2. The molecular formula is C29H29NOS2. The molecule has 33 heavy (non-hydrogen) atoms. The maximum absolute atomic E-state index is 5.23. The van der Waals surface area contributed by atoms with Crippen molar-refractivity contribution in [3.8, 4) is 11.8 Å². The highest BCUT2D eigenvalue weighted by atomic mass is 32.1. The smallest absolute Gasteiger partial charge is 0.273 e. The van der Waals surface area contributed by atoms with Crippen molar-refractivity contribution >= 4 is 53.6 Å². The molecule has 0 atom stereocenters. The lowest BCUT2D eigenvalue weighted by Crippen LogP contribution is -1.83. The van der Waals surface area contributed by atoms with Gasteiger partial charge in [-0.25, -0.2) is 4.98 Å². The van der Waals surface area contributed by atoms with Gasteiger partial charge in [0.2, 0.25) is 0 Å². The molecule has 4 heteroatoms. The molecule has 3 aromatic heterocycles. The van der Waals surface area contributed by atoms with Crippen molar-refractivity contribution in [2.24, 2.45) is 0 Å². The molecule has 0 aliphatic rings. The topological polar surface area (TPSA) is 26.0 Å². The Morgan fingerprint density at radius 1 is 0.788 bits per heavy atom. The van der Waals surface area contributed by atoms with Crippen LogP contribution in [0.15, 0.2) is 53.3 Å². The molecule has 5 aromatic rings. The predicted octanol–water partition coefficient (Wildman–Crippen LogP) is 9.34. The molecule has 0 unspecified atom stereocenters. The number of nitrogens with zero attached hydrogens (tertiary/aromatic N) is 1. The molecule has 2 aromatic carbocycles. The summed E-state index contributed by atoms with van der Waals surface area (Å²) in [4.78, 5) is 6.64. The molecule has 0 spiro atoms. The van der Waals surface area contributed by atoms with Crippen LogP contribution in [0.3, 0.4) is 0 Å². The van der Waals surface area contributed by atoms with Crippen molar-refractivity contribution in [3.05, 3.63) is 64.5 Å². The molecule has 5 rings (SSSR count). The summed E-state index contributed by atoms with van der Waals surface area (Å²) in [6.07, 6.45) is 15.4. The zero-order valence-corrected chi connectivity index (χ0v) is 20.8. The minimum atomic E-state index is 0.460. The molecule has 0 amide bonds. The van der Waals surface area contributed by atoms with Crippen LogP contribution in [0, 0.1) is 11.8 Å². The third-order valence-electron chi connectivity index (χ3n) is 6.21. The van der Waals surface area contributed by atoms with Gasteiger partial charge in [-0.3, -0.25) is 0 Å². The molecule has 0 radical (unpaired) electrons. The summed E-state index contributed by atoms with van der Waals surface area (Å²) in [5, 5.41) is 5.32. The summed E-state index contributed by atoms with van der Waals surface area (Å²) >= 11 is 3.73. The second-order valence-electron chi connectivity index (χ2n) is 8.70. The number of rotatable bonds is 9. The van der Waals surface area contributed by atoms with Gasteiger partial charge in [-0.05, 0) is 47.6 Å². The van der Waals surface area contributed by atoms with Crippen LogP contribution in [0.5, 0.6) is 0 Å². The largest absolute Gasteiger partial charge is 0.439 e. The molecular weight excluding hydrogens is 442 g/mol. The third kappa shape index (κ3) is 5.16. The highest BCUT2D eigenvalue weighted by Gasteiger charge is 2.10. The number of oxazole rings is 1. The van der Waals surface area contributed by atoms with Crippen LogP contribution in [-0.2, 0) is 6.42 Å². The Labute approximate surface area is 203 Å². The Morgan fingerprint density at radius 2 is 1.48 bits per heavy atom. The number of aryl methyl sites for hydroxylation is 1. The molecule has 0 aliphatic carbocycles. The standard InChI is InChI=1S/C29H29NOS2/c1-2-3-4-5-6-7-8-9-10-23-19-21-11-14-26-25(28(21)32-23)15-12-22-20-24(33-29(22)26)13-16-27-30-17-18-31-27/h11-12,14-15,17-20H,2-10H2,1H3. The van der Waals surface area contributed by atoms with E-state index in [9.17, 15) is 0 Å². The van der Waals surface area contributed by atoms with E-state index in [0.29, 0.717) is 5.89 Å². The summed E-state index contributed by atoms with van der Waals surface area (Å²) < 4.78 is 7.96. The molecule has 0 bridgehead atoms. The summed E-state index contributed by atoms with van der Waals surface area (Å²) in [5.74, 6) is 6.67. The second-order valence-corrected chi connectivity index (χ2v) is 10.9. The van der Waals surface area contributed by atoms with Gasteiger partial charge in [0.25, 0.3) is 5.89 Å². The first kappa shape index (κ1) is 22.2. The zero-order chi connectivity index (χ0) is 22.5. The van der Waals surface area contributed by atoms with Crippen LogP contribution < -0.4 is 0 Å². The van der Waals surface area contributed by atoms with E-state index < -0.39 is 0 Å². The summed E-state index contributed by atoms with van der Waals surface area (Å²) in [5.41, 5.74) is 0. The molecule has 0 fully saturated rings. The van der Waals surface area contributed by atoms with Crippen LogP contribution in [0.1, 0.15) is 73.9 Å². The predicted molar refractivity (Wildman–Crippen MR) is 144 cm³/mol. The minimum Gasteiger partial charge on any atom is -0.439 e. The van der Waals surface area contributed by atoms with E-state index in [0.717, 1.165) is 4.88 Å². The molecule has 3 heterocycles. The molecule has 0 N–H and O–H groups in total. The summed E-state index contributed by atoms with van der Waals surface area (Å²) in [6, 6.07) is 13.7. The van der Waals surface area contributed by atoms with E-state index in [1.807, 2.05) is 11.3 Å². The van der Waals surface area contributed by atoms with Gasteiger partial charge >= 0.3 is 0 Å². The third-order valence-corrected chi connectivity index (χ3v) is 8.56. The normalized spacial score (nSPS) is 11.4. The fourth-order valence-electron chi connectivity index (χ4n) is 4.47. The van der Waals surface area contributed by atoms with Gasteiger partial charge in [-0.15, -0.1) is 22.7 Å². The Hall–Kier alpha value is -2.61. The fraction of sp³-hybridized carbons (Fsp3) is 0.345. The van der Waals surface area contributed by atoms with E-state index in [2.05, 4.69) is 60.1 Å². The van der Waals surface area contributed by atoms with Crippen LogP contribution in [-0.4, -0.2) is 4.98 Å². The van der Waals surface area contributed by atoms with Crippen molar-refractivity contribution in [2.45, 2.75) is 64.7 Å². The Bertz CT molecular complexity index is 1410. The van der Waals surface area contributed by atoms with Gasteiger partial charge in [0.15, 0.2) is 0 Å². The first-order valence-electron chi connectivity index (χ1n) is 12.1. The van der Waals surface area contributed by atoms with Gasteiger partial charge in [0.05, 0.1) is 11.1 Å². The fourth-order valence-corrected chi connectivity index (χ4v) is 6.74. The minimum absolute atomic E-state index is 0.460. The van der Waals surface area contributed by atoms with E-state index >= 15 is 0 Å². The molecule has 2 nitrogen and oxygen atoms in total. The van der Waals surface area contributed by atoms with Crippen LogP contribution in [0.25, 0.3) is 30.9 Å². The Morgan fingerprint density at radius 3 is 2.21 bits per heavy atom. The Kier molecular flexibility index (Phi) is 7.09. The highest BCUT2D eigenvalue weighted by Crippen LogP contribution is 2.39. The summed E-state index contributed by atoms with van der Waals surface area (Å²) in [7, 11) is 0. The number of fused-ring (bicyclic) bond motifs is 5. The molecule has 0 aliphatic heterocycles. The van der Waals surface area contributed by atoms with E-state index in [-0.39, 0.29) is 0 Å². The number of aromatic nitrogens is 1. The number of hydrogen-bond acceptors (Lipinski definition) is 4. The van der Waals surface area contributed by atoms with E-state index in [1.54, 1.807) is 23.8 Å². The molecule has 168 valence electrons. The van der Waals surface area contributed by atoms with Crippen LogP contribution >= 0.6 is 22.7 Å². The molecule has 0 saturated heterocycles. The maximum Gasteiger partial charge on any atom is 0.273 e. The number of hydrogen-bond donors (Lipinski definition) is 0. The van der Waals surface area contributed by atoms with Crippen LogP contribution in [0.4, 0.5) is 0 Å². The van der Waals surface area contributed by atoms with Gasteiger partial charge in [0, 0.05) is 25.0 Å². The highest BCUT2D eigenvalue weighted by molar-refractivity contribution is 7.21. The lowest BCUT2D eigenvalue weighted by molar-refractivity contribution is 0.543. The lowest BCUT2D eigenvalue weighted by atomic mass is 10.1. The second kappa shape index (κ2) is 10.5. The van der Waals surface area contributed by atoms with Gasteiger partial charge in [0.1, 0.15) is 6.26 Å². The van der Waals surface area contributed by atoms with Gasteiger partial charge < -0.3 is 4.42 Å². The van der Waals surface area contributed by atoms with Crippen LogP contribution in [0.2, 0.25) is 0 Å². The van der Waals surface area contributed by atoms with Crippen molar-refractivity contribution < 1.29 is 4.42 Å². The lowest BCUT2D eigenvalue weighted by Gasteiger charge is -2.01. The maximum atomic E-state index is 5.23. The average molecular weight is 472 g/mol. The van der Waals surface area contributed by atoms with Crippen molar-refractivity contribution in [1.29, 1.82) is 0 Å². The number of thiophene rings is 2. The average Bonchev–Trinajstić information content (AvgIpc) is 3.58. The van der Waals surface area contributed by atoms with Gasteiger partial charge in [-0.2, -0.15) is 0 Å². The number of unbranched alkanes of at least 4 members (excludes halogenated alkanes) is 7. The van der Waals surface area contributed by atoms with Crippen molar-refractivity contribution in [3.63, 3.8) is 0 Å². The van der Waals surface area contributed by atoms with E-state index in [1.165, 1.54) is 93.6 Å². The Balaban J connectivity index is 1.31. The van der Waals surface area contributed by atoms with E-state index in [4.69, 9.17) is 4.42 Å². The first-order valence-corrected chi connectivity index (χ1v) is 13.7. The monoisotopic (exact) mass is 471 g/mol. The van der Waals surface area contributed by atoms with Crippen molar-refractivity contribution in [2.75, 3.05) is 0 Å². The quantitative estimate of drug-likeness (QED) is 0.158. The van der Waals surface area contributed by atoms with Crippen molar-refractivity contribution in [1.82, 2.24) is 4.98 Å². The molecule has 0 saturated carbocycles.